The number of anilines is 2. The van der Waals surface area contributed by atoms with Crippen molar-refractivity contribution in [1.29, 1.82) is 0 Å². The van der Waals surface area contributed by atoms with E-state index in [1.165, 1.54) is 0 Å². The van der Waals surface area contributed by atoms with Crippen molar-refractivity contribution in [2.45, 2.75) is 50.7 Å². The molecule has 0 unspecified atom stereocenters. The molecule has 1 aliphatic carbocycles. The normalized spacial score (nSPS) is 28.0. The Balaban J connectivity index is 1.29. The lowest BCUT2D eigenvalue weighted by atomic mass is 10.0. The van der Waals surface area contributed by atoms with E-state index < -0.39 is 5.79 Å². The summed E-state index contributed by atoms with van der Waals surface area (Å²) in [5.41, 5.74) is 8.87. The molecule has 3 aliphatic rings. The smallest absolute Gasteiger partial charge is 0.163 e. The molecule has 7 nitrogen and oxygen atoms in total. The summed E-state index contributed by atoms with van der Waals surface area (Å²) in [6.45, 7) is 4.83. The van der Waals surface area contributed by atoms with Gasteiger partial charge < -0.3 is 20.1 Å². The number of rotatable bonds is 3. The maximum absolute atomic E-state index is 6.40. The van der Waals surface area contributed by atoms with Crippen molar-refractivity contribution in [3.63, 3.8) is 0 Å². The minimum absolute atomic E-state index is 0.0168. The zero-order chi connectivity index (χ0) is 22.7. The fourth-order valence-corrected chi connectivity index (χ4v) is 5.70. The molecule has 1 aromatic carbocycles. The van der Waals surface area contributed by atoms with Crippen LogP contribution < -0.4 is 10.6 Å². The number of fused-ring (bicyclic) bond motifs is 3. The molecule has 0 amide bonds. The molecular formula is C25H26ClN5O2. The van der Waals surface area contributed by atoms with Crippen LogP contribution in [0, 0.1) is 5.92 Å². The minimum Gasteiger partial charge on any atom is -0.384 e. The molecule has 2 aliphatic heterocycles. The monoisotopic (exact) mass is 463 g/mol. The van der Waals surface area contributed by atoms with Crippen molar-refractivity contribution in [2.75, 3.05) is 17.2 Å². The summed E-state index contributed by atoms with van der Waals surface area (Å²) in [6.07, 6.45) is 7.66. The van der Waals surface area contributed by atoms with Crippen molar-refractivity contribution < 1.29 is 9.47 Å². The van der Waals surface area contributed by atoms with Gasteiger partial charge in [0, 0.05) is 23.4 Å². The second-order valence-electron chi connectivity index (χ2n) is 9.49. The first kappa shape index (κ1) is 20.8. The number of nitrogens with two attached hydrogens (primary N) is 1. The number of benzene rings is 1. The van der Waals surface area contributed by atoms with Gasteiger partial charge in [0.05, 0.1) is 17.7 Å². The minimum atomic E-state index is -0.615. The molecule has 0 bridgehead atoms. The zero-order valence-corrected chi connectivity index (χ0v) is 19.4. The average molecular weight is 464 g/mol. The van der Waals surface area contributed by atoms with Gasteiger partial charge in [-0.15, -0.1) is 0 Å². The van der Waals surface area contributed by atoms with E-state index in [1.807, 2.05) is 26.0 Å². The van der Waals surface area contributed by atoms with Gasteiger partial charge in [-0.05, 0) is 50.5 Å². The summed E-state index contributed by atoms with van der Waals surface area (Å²) in [7, 11) is 0. The lowest BCUT2D eigenvalue weighted by Gasteiger charge is -2.30. The van der Waals surface area contributed by atoms with E-state index in [0.717, 1.165) is 47.2 Å². The quantitative estimate of drug-likeness (QED) is 0.581. The highest BCUT2D eigenvalue weighted by Crippen LogP contribution is 2.46. The van der Waals surface area contributed by atoms with E-state index in [4.69, 9.17) is 26.8 Å². The second kappa shape index (κ2) is 7.65. The van der Waals surface area contributed by atoms with Crippen LogP contribution >= 0.6 is 11.6 Å². The van der Waals surface area contributed by atoms with Gasteiger partial charge in [0.15, 0.2) is 5.79 Å². The summed E-state index contributed by atoms with van der Waals surface area (Å²) in [5, 5.41) is 1.62. The molecule has 2 fully saturated rings. The predicted octanol–water partition coefficient (Wildman–Crippen LogP) is 4.24. The standard InChI is InChI=1S/C25H26ClN5O2/c1-25(2)32-21-16(6-4-14-3-5-15-7-8-20(27)30-18(15)11-14)12-19(22(21)33-25)31-10-9-17-23(26)28-13-29-24(17)31/h3-8,11,13,16,19,21-22H,9-10,12H2,1-2H3,(H2,27,30)/b6-4+/t16-,19+,21+,22-/m0/s1. The maximum atomic E-state index is 6.40. The molecule has 0 spiro atoms. The van der Waals surface area contributed by atoms with E-state index in [9.17, 15) is 0 Å². The van der Waals surface area contributed by atoms with Crippen molar-refractivity contribution in [1.82, 2.24) is 15.0 Å². The number of hydrogen-bond donors (Lipinski definition) is 1. The van der Waals surface area contributed by atoms with Crippen molar-refractivity contribution in [3.05, 3.63) is 59.0 Å². The molecule has 1 saturated carbocycles. The lowest BCUT2D eigenvalue weighted by molar-refractivity contribution is -0.155. The first-order valence-electron chi connectivity index (χ1n) is 11.3. The van der Waals surface area contributed by atoms with E-state index in [1.54, 1.807) is 6.33 Å². The highest BCUT2D eigenvalue weighted by atomic mass is 35.5. The Morgan fingerprint density at radius 3 is 2.85 bits per heavy atom. The number of hydrogen-bond acceptors (Lipinski definition) is 7. The molecule has 0 radical (unpaired) electrons. The Hall–Kier alpha value is -2.74. The van der Waals surface area contributed by atoms with Gasteiger partial charge in [-0.1, -0.05) is 35.9 Å². The van der Waals surface area contributed by atoms with E-state index in [-0.39, 0.29) is 24.2 Å². The molecule has 4 heterocycles. The molecule has 1 saturated heterocycles. The van der Waals surface area contributed by atoms with Crippen molar-refractivity contribution in [3.8, 4) is 0 Å². The molecule has 2 N–H and O–H groups in total. The van der Waals surface area contributed by atoms with Gasteiger partial charge >= 0.3 is 0 Å². The van der Waals surface area contributed by atoms with Gasteiger partial charge in [0.2, 0.25) is 0 Å². The number of nitrogen functional groups attached to an aromatic ring is 1. The molecule has 3 aromatic rings. The third-order valence-corrected chi connectivity index (χ3v) is 7.22. The molecular weight excluding hydrogens is 438 g/mol. The van der Waals surface area contributed by atoms with Crippen LogP contribution in [-0.2, 0) is 15.9 Å². The highest BCUT2D eigenvalue weighted by Gasteiger charge is 2.55. The number of aromatic nitrogens is 3. The molecule has 170 valence electrons. The Bertz CT molecular complexity index is 1260. The summed E-state index contributed by atoms with van der Waals surface area (Å²) >= 11 is 6.34. The Morgan fingerprint density at radius 2 is 1.97 bits per heavy atom. The van der Waals surface area contributed by atoms with Crippen LogP contribution in [0.4, 0.5) is 11.6 Å². The fraction of sp³-hybridized carbons (Fsp3) is 0.400. The summed E-state index contributed by atoms with van der Waals surface area (Å²) in [5.74, 6) is 1.05. The lowest BCUT2D eigenvalue weighted by Crippen LogP contribution is -2.43. The first-order valence-corrected chi connectivity index (χ1v) is 11.7. The summed E-state index contributed by atoms with van der Waals surface area (Å²) in [6, 6.07) is 10.2. The molecule has 8 heteroatoms. The average Bonchev–Trinajstić information content (AvgIpc) is 3.43. The van der Waals surface area contributed by atoms with Gasteiger partial charge in [-0.25, -0.2) is 15.0 Å². The third kappa shape index (κ3) is 3.64. The topological polar surface area (TPSA) is 86.4 Å². The largest absolute Gasteiger partial charge is 0.384 e. The molecule has 6 rings (SSSR count). The van der Waals surface area contributed by atoms with Crippen LogP contribution in [0.1, 0.15) is 31.4 Å². The van der Waals surface area contributed by atoms with Crippen LogP contribution in [0.2, 0.25) is 5.15 Å². The SMILES string of the molecule is CC1(C)O[C@@H]2[C@H](O1)[C@@H](/C=C/c1ccc3ccc(N)nc3c1)C[C@H]2N1CCc2c(Cl)ncnc21. The molecule has 2 aromatic heterocycles. The van der Waals surface area contributed by atoms with Gasteiger partial charge in [0.25, 0.3) is 0 Å². The second-order valence-corrected chi connectivity index (χ2v) is 9.85. The third-order valence-electron chi connectivity index (χ3n) is 6.90. The van der Waals surface area contributed by atoms with E-state index >= 15 is 0 Å². The number of ether oxygens (including phenoxy) is 2. The van der Waals surface area contributed by atoms with Gasteiger partial charge in [-0.2, -0.15) is 0 Å². The van der Waals surface area contributed by atoms with Crippen molar-refractivity contribution >= 4 is 40.2 Å². The maximum Gasteiger partial charge on any atom is 0.163 e. The van der Waals surface area contributed by atoms with Crippen LogP contribution in [0.5, 0.6) is 0 Å². The highest BCUT2D eigenvalue weighted by molar-refractivity contribution is 6.30. The first-order chi connectivity index (χ1) is 15.9. The predicted molar refractivity (Wildman–Crippen MR) is 129 cm³/mol. The van der Waals surface area contributed by atoms with E-state index in [0.29, 0.717) is 11.0 Å². The van der Waals surface area contributed by atoms with Crippen LogP contribution in [-0.4, -0.2) is 45.5 Å². The Labute approximate surface area is 197 Å². The number of halogens is 1. The van der Waals surface area contributed by atoms with Crippen LogP contribution in [0.25, 0.3) is 17.0 Å². The van der Waals surface area contributed by atoms with Crippen molar-refractivity contribution in [2.24, 2.45) is 5.92 Å². The Kier molecular flexibility index (Phi) is 4.83. The summed E-state index contributed by atoms with van der Waals surface area (Å²) < 4.78 is 12.8. The van der Waals surface area contributed by atoms with Gasteiger partial charge in [-0.3, -0.25) is 0 Å². The van der Waals surface area contributed by atoms with Crippen LogP contribution in [0.15, 0.2) is 42.7 Å². The van der Waals surface area contributed by atoms with E-state index in [2.05, 4.69) is 50.2 Å². The molecule has 33 heavy (non-hydrogen) atoms. The summed E-state index contributed by atoms with van der Waals surface area (Å²) in [4.78, 5) is 15.5. The fourth-order valence-electron chi connectivity index (χ4n) is 5.48. The van der Waals surface area contributed by atoms with Crippen LogP contribution in [0.3, 0.4) is 0 Å². The molecule has 4 atom stereocenters. The van der Waals surface area contributed by atoms with Gasteiger partial charge in [0.1, 0.15) is 29.2 Å². The number of nitrogens with zero attached hydrogens (tertiary/aromatic N) is 4. The number of pyridine rings is 1. The zero-order valence-electron chi connectivity index (χ0n) is 18.6. The Morgan fingerprint density at radius 1 is 1.15 bits per heavy atom.